The number of benzene rings is 1. The van der Waals surface area contributed by atoms with E-state index in [1.54, 1.807) is 0 Å². The van der Waals surface area contributed by atoms with E-state index < -0.39 is 5.97 Å². The molecule has 1 heterocycles. The predicted octanol–water partition coefficient (Wildman–Crippen LogP) is 2.56. The van der Waals surface area contributed by atoms with Crippen molar-refractivity contribution in [3.63, 3.8) is 0 Å². The number of aromatic carboxylic acids is 1. The molecule has 1 amide bonds. The number of phenols is 1. The average Bonchev–Trinajstić information content (AvgIpc) is 2.82. The van der Waals surface area contributed by atoms with Crippen LogP contribution in [0.4, 0.5) is 5.69 Å². The Labute approximate surface area is 121 Å². The molecule has 0 atom stereocenters. The fourth-order valence-electron chi connectivity index (χ4n) is 1.87. The molecule has 0 aliphatic heterocycles. The first-order valence-corrected chi connectivity index (χ1v) is 6.37. The van der Waals surface area contributed by atoms with Crippen LogP contribution in [0.25, 0.3) is 0 Å². The van der Waals surface area contributed by atoms with E-state index in [4.69, 9.17) is 9.52 Å². The van der Waals surface area contributed by atoms with Gasteiger partial charge in [0.2, 0.25) is 5.91 Å². The molecular formula is C15H15NO5. The van der Waals surface area contributed by atoms with Gasteiger partial charge in [-0.1, -0.05) is 0 Å². The van der Waals surface area contributed by atoms with Gasteiger partial charge in [-0.05, 0) is 31.2 Å². The summed E-state index contributed by atoms with van der Waals surface area (Å²) in [4.78, 5) is 22.5. The third-order valence-corrected chi connectivity index (χ3v) is 2.91. The zero-order chi connectivity index (χ0) is 15.4. The van der Waals surface area contributed by atoms with E-state index in [1.165, 1.54) is 18.2 Å². The fourth-order valence-corrected chi connectivity index (χ4v) is 1.87. The molecule has 3 N–H and O–H groups in total. The SMILES string of the molecule is Cc1ccc(CCC(=O)Nc2ccc(C(=O)O)c(O)c2)o1. The van der Waals surface area contributed by atoms with Gasteiger partial charge in [0.15, 0.2) is 0 Å². The largest absolute Gasteiger partial charge is 0.507 e. The van der Waals surface area contributed by atoms with Gasteiger partial charge < -0.3 is 19.9 Å². The number of carbonyl (C=O) groups is 2. The zero-order valence-electron chi connectivity index (χ0n) is 11.4. The third kappa shape index (κ3) is 3.85. The highest BCUT2D eigenvalue weighted by Crippen LogP contribution is 2.22. The Morgan fingerprint density at radius 2 is 2.00 bits per heavy atom. The van der Waals surface area contributed by atoms with Crippen LogP contribution in [0.1, 0.15) is 28.3 Å². The molecule has 2 rings (SSSR count). The number of amides is 1. The Morgan fingerprint density at radius 1 is 1.24 bits per heavy atom. The topological polar surface area (TPSA) is 99.8 Å². The second-order valence-electron chi connectivity index (χ2n) is 4.60. The Bertz CT molecular complexity index is 674. The second-order valence-corrected chi connectivity index (χ2v) is 4.60. The molecule has 21 heavy (non-hydrogen) atoms. The lowest BCUT2D eigenvalue weighted by atomic mass is 10.1. The standard InChI is InChI=1S/C15H15NO5/c1-9-2-4-11(21-9)5-7-14(18)16-10-3-6-12(15(19)20)13(17)8-10/h2-4,6,8,17H,5,7H2,1H3,(H,16,18)(H,19,20). The van der Waals surface area contributed by atoms with Crippen LogP contribution in [0.15, 0.2) is 34.7 Å². The molecule has 0 aliphatic carbocycles. The van der Waals surface area contributed by atoms with Gasteiger partial charge in [0.05, 0.1) is 0 Å². The van der Waals surface area contributed by atoms with Crippen molar-refractivity contribution in [1.82, 2.24) is 0 Å². The van der Waals surface area contributed by atoms with Gasteiger partial charge in [-0.3, -0.25) is 4.79 Å². The summed E-state index contributed by atoms with van der Waals surface area (Å²) < 4.78 is 5.36. The van der Waals surface area contributed by atoms with E-state index in [-0.39, 0.29) is 23.6 Å². The van der Waals surface area contributed by atoms with E-state index in [0.29, 0.717) is 12.1 Å². The predicted molar refractivity (Wildman–Crippen MR) is 75.5 cm³/mol. The van der Waals surface area contributed by atoms with Crippen LogP contribution in [-0.4, -0.2) is 22.1 Å². The molecular weight excluding hydrogens is 274 g/mol. The maximum atomic E-state index is 11.8. The van der Waals surface area contributed by atoms with Crippen LogP contribution < -0.4 is 5.32 Å². The van der Waals surface area contributed by atoms with Crippen LogP contribution in [-0.2, 0) is 11.2 Å². The molecule has 0 bridgehead atoms. The number of furan rings is 1. The quantitative estimate of drug-likeness (QED) is 0.785. The van der Waals surface area contributed by atoms with Gasteiger partial charge >= 0.3 is 5.97 Å². The molecule has 0 radical (unpaired) electrons. The van der Waals surface area contributed by atoms with Gasteiger partial charge in [0.25, 0.3) is 0 Å². The first-order valence-electron chi connectivity index (χ1n) is 6.37. The molecule has 0 unspecified atom stereocenters. The summed E-state index contributed by atoms with van der Waals surface area (Å²) in [7, 11) is 0. The van der Waals surface area contributed by atoms with Crippen LogP contribution in [0.3, 0.4) is 0 Å². The lowest BCUT2D eigenvalue weighted by Crippen LogP contribution is -2.12. The number of carboxylic acids is 1. The van der Waals surface area contributed by atoms with Gasteiger partial charge in [-0.2, -0.15) is 0 Å². The van der Waals surface area contributed by atoms with Crippen LogP contribution in [0.5, 0.6) is 5.75 Å². The number of hydrogen-bond acceptors (Lipinski definition) is 4. The van der Waals surface area contributed by atoms with E-state index in [1.807, 2.05) is 19.1 Å². The van der Waals surface area contributed by atoms with Crippen molar-refractivity contribution < 1.29 is 24.2 Å². The normalized spacial score (nSPS) is 10.3. The van der Waals surface area contributed by atoms with Crippen molar-refractivity contribution in [1.29, 1.82) is 0 Å². The fraction of sp³-hybridized carbons (Fsp3) is 0.200. The number of hydrogen-bond donors (Lipinski definition) is 3. The molecule has 0 fully saturated rings. The van der Waals surface area contributed by atoms with Crippen molar-refractivity contribution in [2.75, 3.05) is 5.32 Å². The second kappa shape index (κ2) is 6.13. The lowest BCUT2D eigenvalue weighted by molar-refractivity contribution is -0.116. The highest BCUT2D eigenvalue weighted by molar-refractivity contribution is 5.94. The van der Waals surface area contributed by atoms with E-state index in [9.17, 15) is 14.7 Å². The smallest absolute Gasteiger partial charge is 0.339 e. The number of aryl methyl sites for hydroxylation is 2. The Morgan fingerprint density at radius 3 is 2.57 bits per heavy atom. The summed E-state index contributed by atoms with van der Waals surface area (Å²) in [6, 6.07) is 7.52. The van der Waals surface area contributed by atoms with Crippen molar-refractivity contribution in [2.24, 2.45) is 0 Å². The van der Waals surface area contributed by atoms with Crippen molar-refractivity contribution in [2.45, 2.75) is 19.8 Å². The van der Waals surface area contributed by atoms with Gasteiger partial charge in [0, 0.05) is 24.6 Å². The first kappa shape index (κ1) is 14.6. The van der Waals surface area contributed by atoms with Crippen LogP contribution in [0.2, 0.25) is 0 Å². The molecule has 0 aliphatic rings. The summed E-state index contributed by atoms with van der Waals surface area (Å²) in [5.41, 5.74) is 0.136. The molecule has 6 nitrogen and oxygen atoms in total. The molecule has 0 saturated heterocycles. The van der Waals surface area contributed by atoms with Crippen molar-refractivity contribution in [3.05, 3.63) is 47.4 Å². The molecule has 0 spiro atoms. The minimum Gasteiger partial charge on any atom is -0.507 e. The van der Waals surface area contributed by atoms with Crippen molar-refractivity contribution in [3.8, 4) is 5.75 Å². The highest BCUT2D eigenvalue weighted by atomic mass is 16.4. The zero-order valence-corrected chi connectivity index (χ0v) is 11.4. The minimum absolute atomic E-state index is 0.209. The van der Waals surface area contributed by atoms with Crippen LogP contribution in [0, 0.1) is 6.92 Å². The Balaban J connectivity index is 1.93. The monoisotopic (exact) mass is 289 g/mol. The lowest BCUT2D eigenvalue weighted by Gasteiger charge is -2.06. The number of anilines is 1. The Hall–Kier alpha value is -2.76. The number of rotatable bonds is 5. The Kier molecular flexibility index (Phi) is 4.27. The maximum absolute atomic E-state index is 11.8. The maximum Gasteiger partial charge on any atom is 0.339 e. The summed E-state index contributed by atoms with van der Waals surface area (Å²) in [6.07, 6.45) is 0.702. The van der Waals surface area contributed by atoms with Crippen LogP contribution >= 0.6 is 0 Å². The number of aromatic hydroxyl groups is 1. The first-order chi connectivity index (χ1) is 9.95. The number of nitrogens with one attached hydrogen (secondary N) is 1. The summed E-state index contributed by atoms with van der Waals surface area (Å²) in [5.74, 6) is -0.335. The molecule has 1 aromatic carbocycles. The molecule has 6 heteroatoms. The van der Waals surface area contributed by atoms with Gasteiger partial charge in [-0.25, -0.2) is 4.79 Å². The minimum atomic E-state index is -1.22. The van der Waals surface area contributed by atoms with Crippen molar-refractivity contribution >= 4 is 17.6 Å². The van der Waals surface area contributed by atoms with E-state index >= 15 is 0 Å². The highest BCUT2D eigenvalue weighted by Gasteiger charge is 2.11. The molecule has 1 aromatic heterocycles. The van der Waals surface area contributed by atoms with E-state index in [0.717, 1.165) is 11.5 Å². The van der Waals surface area contributed by atoms with Gasteiger partial charge in [-0.15, -0.1) is 0 Å². The average molecular weight is 289 g/mol. The number of carboxylic acid groups (broad SMARTS) is 1. The number of carbonyl (C=O) groups excluding carboxylic acids is 1. The summed E-state index contributed by atoms with van der Waals surface area (Å²) in [5, 5.41) is 20.9. The molecule has 2 aromatic rings. The molecule has 110 valence electrons. The van der Waals surface area contributed by atoms with Gasteiger partial charge in [0.1, 0.15) is 22.8 Å². The third-order valence-electron chi connectivity index (χ3n) is 2.91. The summed E-state index contributed by atoms with van der Waals surface area (Å²) in [6.45, 7) is 1.83. The van der Waals surface area contributed by atoms with E-state index in [2.05, 4.69) is 5.32 Å². The molecule has 0 saturated carbocycles. The summed E-state index contributed by atoms with van der Waals surface area (Å²) >= 11 is 0.